The third kappa shape index (κ3) is 4.48. The fourth-order valence-corrected chi connectivity index (χ4v) is 3.35. The molecule has 1 aliphatic rings. The maximum Gasteiger partial charge on any atom is 0.221 e. The van der Waals surface area contributed by atoms with Crippen LogP contribution in [0.5, 0.6) is 11.5 Å². The quantitative estimate of drug-likeness (QED) is 0.773. The second-order valence-electron chi connectivity index (χ2n) is 6.43. The van der Waals surface area contributed by atoms with E-state index >= 15 is 0 Å². The van der Waals surface area contributed by atoms with Crippen LogP contribution >= 0.6 is 0 Å². The van der Waals surface area contributed by atoms with Crippen LogP contribution in [0.2, 0.25) is 0 Å². The van der Waals surface area contributed by atoms with Crippen LogP contribution in [0, 0.1) is 5.92 Å². The maximum absolute atomic E-state index is 12.4. The summed E-state index contributed by atoms with van der Waals surface area (Å²) in [7, 11) is -1.27. The van der Waals surface area contributed by atoms with Crippen LogP contribution in [0.3, 0.4) is 0 Å². The highest BCUT2D eigenvalue weighted by molar-refractivity contribution is 7.85. The molecule has 0 aliphatic carbocycles. The molecule has 0 bridgehead atoms. The predicted octanol–water partition coefficient (Wildman–Crippen LogP) is 1.45. The first-order chi connectivity index (χ1) is 11.4. The van der Waals surface area contributed by atoms with Crippen LogP contribution in [-0.4, -0.2) is 41.2 Å². The van der Waals surface area contributed by atoms with Crippen molar-refractivity contribution in [1.82, 2.24) is 5.32 Å². The van der Waals surface area contributed by atoms with Crippen LogP contribution in [0.1, 0.15) is 27.2 Å². The van der Waals surface area contributed by atoms with Gasteiger partial charge < -0.3 is 20.5 Å². The summed E-state index contributed by atoms with van der Waals surface area (Å²) < 4.78 is 23.4. The molecule has 1 aliphatic heterocycles. The number of rotatable bonds is 7. The number of nitrogens with one attached hydrogen (secondary N) is 1. The van der Waals surface area contributed by atoms with Crippen LogP contribution < -0.4 is 20.5 Å². The molecule has 1 aromatic carbocycles. The first-order valence-electron chi connectivity index (χ1n) is 8.15. The number of hydrogen-bond acceptors (Lipinski definition) is 5. The zero-order valence-electron chi connectivity index (χ0n) is 14.5. The second-order valence-corrected chi connectivity index (χ2v) is 8.00. The molecule has 0 spiro atoms. The van der Waals surface area contributed by atoms with Crippen molar-refractivity contribution in [1.29, 1.82) is 0 Å². The van der Waals surface area contributed by atoms with Crippen molar-refractivity contribution in [3.63, 3.8) is 0 Å². The van der Waals surface area contributed by atoms with Crippen molar-refractivity contribution in [3.8, 4) is 11.5 Å². The molecule has 0 saturated heterocycles. The summed E-state index contributed by atoms with van der Waals surface area (Å²) in [4.78, 5) is 12.8. The van der Waals surface area contributed by atoms with Crippen molar-refractivity contribution in [2.75, 3.05) is 25.5 Å². The lowest BCUT2D eigenvalue weighted by molar-refractivity contribution is -0.122. The minimum atomic E-state index is -1.27. The van der Waals surface area contributed by atoms with Crippen molar-refractivity contribution in [2.24, 2.45) is 11.7 Å². The Morgan fingerprint density at radius 3 is 2.62 bits per heavy atom. The zero-order valence-corrected chi connectivity index (χ0v) is 15.3. The highest BCUT2D eigenvalue weighted by Gasteiger charge is 2.28. The Labute approximate surface area is 145 Å². The summed E-state index contributed by atoms with van der Waals surface area (Å²) in [5.41, 5.74) is 5.32. The lowest BCUT2D eigenvalue weighted by Gasteiger charge is -2.33. The summed E-state index contributed by atoms with van der Waals surface area (Å²) in [5.74, 6) is 1.60. The molecule has 24 heavy (non-hydrogen) atoms. The SMILES string of the molecule is CC(C)C(C)(CN)NC(=O)CCS(=O)c1ccc2c(c1)OCCO2. The molecule has 2 atom stereocenters. The van der Waals surface area contributed by atoms with Crippen molar-refractivity contribution < 1.29 is 18.5 Å². The molecule has 2 unspecified atom stereocenters. The van der Waals surface area contributed by atoms with Gasteiger partial charge in [0.2, 0.25) is 5.91 Å². The number of nitrogens with two attached hydrogens (primary N) is 1. The van der Waals surface area contributed by atoms with E-state index in [-0.39, 0.29) is 24.0 Å². The Hall–Kier alpha value is -1.60. The van der Waals surface area contributed by atoms with Crippen LogP contribution in [-0.2, 0) is 15.6 Å². The lowest BCUT2D eigenvalue weighted by Crippen LogP contribution is -2.55. The smallest absolute Gasteiger partial charge is 0.221 e. The predicted molar refractivity (Wildman–Crippen MR) is 93.8 cm³/mol. The molecule has 1 heterocycles. The molecule has 1 aromatic rings. The van der Waals surface area contributed by atoms with Gasteiger partial charge in [-0.25, -0.2) is 0 Å². The van der Waals surface area contributed by atoms with Gasteiger partial charge in [-0.05, 0) is 25.0 Å². The average Bonchev–Trinajstić information content (AvgIpc) is 2.58. The number of carbonyl (C=O) groups is 1. The largest absolute Gasteiger partial charge is 0.486 e. The van der Waals surface area contributed by atoms with Crippen LogP contribution in [0.25, 0.3) is 0 Å². The van der Waals surface area contributed by atoms with E-state index < -0.39 is 16.3 Å². The summed E-state index contributed by atoms with van der Waals surface area (Å²) in [6.45, 7) is 7.32. The van der Waals surface area contributed by atoms with E-state index in [1.165, 1.54) is 0 Å². The molecular formula is C17H26N2O4S. The Bertz CT molecular complexity index is 621. The highest BCUT2D eigenvalue weighted by Crippen LogP contribution is 2.31. The summed E-state index contributed by atoms with van der Waals surface area (Å²) in [5, 5.41) is 2.96. The molecular weight excluding hydrogens is 328 g/mol. The third-order valence-electron chi connectivity index (χ3n) is 4.41. The Kier molecular flexibility index (Phi) is 6.23. The normalized spacial score (nSPS) is 17.2. The number of hydrogen-bond donors (Lipinski definition) is 2. The van der Waals surface area contributed by atoms with Gasteiger partial charge in [-0.1, -0.05) is 13.8 Å². The van der Waals surface area contributed by atoms with E-state index in [1.807, 2.05) is 20.8 Å². The first-order valence-corrected chi connectivity index (χ1v) is 9.46. The molecule has 0 aromatic heterocycles. The topological polar surface area (TPSA) is 90.7 Å². The van der Waals surface area contributed by atoms with Gasteiger partial charge in [-0.3, -0.25) is 9.00 Å². The number of carbonyl (C=O) groups excluding carboxylic acids is 1. The molecule has 7 heteroatoms. The number of fused-ring (bicyclic) bond motifs is 1. The molecule has 134 valence electrons. The minimum absolute atomic E-state index is 0.137. The van der Waals surface area contributed by atoms with Crippen molar-refractivity contribution in [2.45, 2.75) is 37.6 Å². The van der Waals surface area contributed by atoms with Gasteiger partial charge in [-0.2, -0.15) is 0 Å². The van der Waals surface area contributed by atoms with E-state index in [1.54, 1.807) is 18.2 Å². The summed E-state index contributed by atoms with van der Waals surface area (Å²) >= 11 is 0. The molecule has 0 radical (unpaired) electrons. The maximum atomic E-state index is 12.4. The number of ether oxygens (including phenoxy) is 2. The van der Waals surface area contributed by atoms with Crippen molar-refractivity contribution in [3.05, 3.63) is 18.2 Å². The van der Waals surface area contributed by atoms with E-state index in [4.69, 9.17) is 15.2 Å². The van der Waals surface area contributed by atoms with Gasteiger partial charge >= 0.3 is 0 Å². The van der Waals surface area contributed by atoms with Gasteiger partial charge in [0.15, 0.2) is 11.5 Å². The average molecular weight is 354 g/mol. The lowest BCUT2D eigenvalue weighted by atomic mass is 9.88. The molecule has 6 nitrogen and oxygen atoms in total. The molecule has 2 rings (SSSR count). The zero-order chi connectivity index (χ0) is 17.7. The summed E-state index contributed by atoms with van der Waals surface area (Å²) in [6.07, 6.45) is 0.184. The molecule has 1 amide bonds. The second kappa shape index (κ2) is 7.98. The number of amides is 1. The molecule has 0 saturated carbocycles. The first kappa shape index (κ1) is 18.7. The van der Waals surface area contributed by atoms with E-state index in [9.17, 15) is 9.00 Å². The van der Waals surface area contributed by atoms with Gasteiger partial charge in [0.25, 0.3) is 0 Å². The summed E-state index contributed by atoms with van der Waals surface area (Å²) in [6, 6.07) is 5.23. The molecule has 0 fully saturated rings. The third-order valence-corrected chi connectivity index (χ3v) is 5.77. The Morgan fingerprint density at radius 1 is 1.33 bits per heavy atom. The Balaban J connectivity index is 1.92. The van der Waals surface area contributed by atoms with Gasteiger partial charge in [-0.15, -0.1) is 0 Å². The van der Waals surface area contributed by atoms with Crippen molar-refractivity contribution >= 4 is 16.7 Å². The van der Waals surface area contributed by atoms with Gasteiger partial charge in [0.05, 0.1) is 16.3 Å². The van der Waals surface area contributed by atoms with Crippen LogP contribution in [0.15, 0.2) is 23.1 Å². The highest BCUT2D eigenvalue weighted by atomic mass is 32.2. The van der Waals surface area contributed by atoms with E-state index in [0.29, 0.717) is 36.2 Å². The monoisotopic (exact) mass is 354 g/mol. The number of benzene rings is 1. The fraction of sp³-hybridized carbons (Fsp3) is 0.588. The van der Waals surface area contributed by atoms with E-state index in [2.05, 4.69) is 5.32 Å². The Morgan fingerprint density at radius 2 is 2.00 bits per heavy atom. The molecule has 3 N–H and O–H groups in total. The van der Waals surface area contributed by atoms with E-state index in [0.717, 1.165) is 0 Å². The van der Waals surface area contributed by atoms with Crippen LogP contribution in [0.4, 0.5) is 0 Å². The van der Waals surface area contributed by atoms with Gasteiger partial charge in [0.1, 0.15) is 13.2 Å². The minimum Gasteiger partial charge on any atom is -0.486 e. The standard InChI is InChI=1S/C17H26N2O4S/c1-12(2)17(3,11-18)19-16(20)6-9-24(21)13-4-5-14-15(10-13)23-8-7-22-14/h4-5,10,12H,6-9,11,18H2,1-3H3,(H,19,20). The fourth-order valence-electron chi connectivity index (χ4n) is 2.28. The van der Waals surface area contributed by atoms with Gasteiger partial charge in [0, 0.05) is 29.7 Å².